The van der Waals surface area contributed by atoms with Crippen molar-refractivity contribution in [3.05, 3.63) is 24.2 Å². The molecular weight excluding hydrogens is 152 g/mol. The van der Waals surface area contributed by atoms with Gasteiger partial charge in [-0.05, 0) is 0 Å². The van der Waals surface area contributed by atoms with E-state index >= 15 is 0 Å². The van der Waals surface area contributed by atoms with Crippen LogP contribution in [-0.4, -0.2) is 15.0 Å². The van der Waals surface area contributed by atoms with Crippen molar-refractivity contribution in [1.29, 1.82) is 0 Å². The molecule has 11 heavy (non-hydrogen) atoms. The molecule has 0 aliphatic heterocycles. The average molecular weight is 155 g/mol. The fraction of sp³-hybridized carbons (Fsp3) is 0. The van der Waals surface area contributed by atoms with Crippen LogP contribution < -0.4 is 0 Å². The third kappa shape index (κ3) is 0.849. The largest absolute Gasteiger partial charge is 0.341 e. The van der Waals surface area contributed by atoms with E-state index in [4.69, 9.17) is 0 Å². The molecule has 2 rings (SSSR count). The van der Waals surface area contributed by atoms with Gasteiger partial charge in [0.1, 0.15) is 5.52 Å². The number of nitrogens with zero attached hydrogens (tertiary/aromatic N) is 2. The molecule has 0 spiro atoms. The number of fused-ring (bicyclic) bond motifs is 1. The number of H-pyrrole nitrogens is 1. The Kier molecular flexibility index (Phi) is 1.12. The molecule has 0 saturated carbocycles. The van der Waals surface area contributed by atoms with E-state index < -0.39 is 11.8 Å². The Hall–Kier alpha value is -1.52. The molecule has 2 aromatic rings. The molecule has 0 saturated heterocycles. The average Bonchev–Trinajstić information content (AvgIpc) is 2.34. The van der Waals surface area contributed by atoms with Crippen LogP contribution in [0, 0.1) is 11.8 Å². The standard InChI is InChI=1S/C6H3F2N3/c7-3-1-4(8)11-6-5(3)9-2-10-6/h1-2H,(H,9,10,11). The lowest BCUT2D eigenvalue weighted by molar-refractivity contribution is 0.561. The quantitative estimate of drug-likeness (QED) is 0.581. The highest BCUT2D eigenvalue weighted by Gasteiger charge is 2.05. The van der Waals surface area contributed by atoms with Gasteiger partial charge >= 0.3 is 0 Å². The summed E-state index contributed by atoms with van der Waals surface area (Å²) in [5, 5.41) is 0. The number of hydrogen-bond acceptors (Lipinski definition) is 2. The third-order valence-electron chi connectivity index (χ3n) is 1.32. The number of pyridine rings is 1. The first-order chi connectivity index (χ1) is 5.27. The maximum atomic E-state index is 12.7. The van der Waals surface area contributed by atoms with Gasteiger partial charge in [0.15, 0.2) is 11.5 Å². The summed E-state index contributed by atoms with van der Waals surface area (Å²) in [5.74, 6) is -1.54. The van der Waals surface area contributed by atoms with Crippen LogP contribution in [0.15, 0.2) is 12.4 Å². The van der Waals surface area contributed by atoms with Crippen molar-refractivity contribution in [3.8, 4) is 0 Å². The maximum Gasteiger partial charge on any atom is 0.217 e. The number of nitrogens with one attached hydrogen (secondary N) is 1. The Morgan fingerprint density at radius 1 is 1.36 bits per heavy atom. The Morgan fingerprint density at radius 2 is 2.18 bits per heavy atom. The van der Waals surface area contributed by atoms with Gasteiger partial charge in [0.25, 0.3) is 0 Å². The van der Waals surface area contributed by atoms with Crippen molar-refractivity contribution < 1.29 is 8.78 Å². The minimum Gasteiger partial charge on any atom is -0.341 e. The van der Waals surface area contributed by atoms with Crippen LogP contribution in [0.2, 0.25) is 0 Å². The summed E-state index contributed by atoms with van der Waals surface area (Å²) in [7, 11) is 0. The minimum atomic E-state index is -0.859. The second-order valence-electron chi connectivity index (χ2n) is 2.03. The highest BCUT2D eigenvalue weighted by molar-refractivity contribution is 5.69. The molecule has 0 radical (unpaired) electrons. The first-order valence-electron chi connectivity index (χ1n) is 2.92. The third-order valence-corrected chi connectivity index (χ3v) is 1.32. The van der Waals surface area contributed by atoms with Gasteiger partial charge in [-0.15, -0.1) is 0 Å². The van der Waals surface area contributed by atoms with Gasteiger partial charge in [-0.3, -0.25) is 0 Å². The molecule has 0 fully saturated rings. The molecule has 0 aromatic carbocycles. The van der Waals surface area contributed by atoms with Crippen LogP contribution >= 0.6 is 0 Å². The molecule has 1 N–H and O–H groups in total. The van der Waals surface area contributed by atoms with Crippen molar-refractivity contribution >= 4 is 11.2 Å². The summed E-state index contributed by atoms with van der Waals surface area (Å²) in [6.45, 7) is 0. The molecule has 2 aromatic heterocycles. The van der Waals surface area contributed by atoms with Crippen LogP contribution in [0.3, 0.4) is 0 Å². The second kappa shape index (κ2) is 1.98. The van der Waals surface area contributed by atoms with Crippen molar-refractivity contribution in [2.45, 2.75) is 0 Å². The van der Waals surface area contributed by atoms with Crippen LogP contribution in [0.5, 0.6) is 0 Å². The Bertz CT molecular complexity index is 396. The van der Waals surface area contributed by atoms with Crippen molar-refractivity contribution in [2.75, 3.05) is 0 Å². The topological polar surface area (TPSA) is 41.6 Å². The molecule has 0 amide bonds. The number of imidazole rings is 1. The fourth-order valence-electron chi connectivity index (χ4n) is 0.858. The number of hydrogen-bond donors (Lipinski definition) is 1. The van der Waals surface area contributed by atoms with Crippen LogP contribution in [0.25, 0.3) is 11.2 Å². The van der Waals surface area contributed by atoms with Crippen LogP contribution in [0.4, 0.5) is 8.78 Å². The second-order valence-corrected chi connectivity index (χ2v) is 2.03. The zero-order chi connectivity index (χ0) is 7.84. The summed E-state index contributed by atoms with van der Waals surface area (Å²) < 4.78 is 25.1. The molecule has 56 valence electrons. The summed E-state index contributed by atoms with van der Waals surface area (Å²) >= 11 is 0. The van der Waals surface area contributed by atoms with Crippen LogP contribution in [0.1, 0.15) is 0 Å². The lowest BCUT2D eigenvalue weighted by Crippen LogP contribution is -1.87. The number of aromatic nitrogens is 3. The van der Waals surface area contributed by atoms with Gasteiger partial charge in [0.05, 0.1) is 6.33 Å². The van der Waals surface area contributed by atoms with Crippen molar-refractivity contribution in [3.63, 3.8) is 0 Å². The molecule has 0 aliphatic rings. The van der Waals surface area contributed by atoms with Crippen LogP contribution in [-0.2, 0) is 0 Å². The van der Waals surface area contributed by atoms with E-state index in [1.807, 2.05) is 0 Å². The Labute approximate surface area is 60.1 Å². The van der Waals surface area contributed by atoms with Gasteiger partial charge in [0.2, 0.25) is 5.95 Å². The molecule has 3 nitrogen and oxygen atoms in total. The van der Waals surface area contributed by atoms with E-state index in [1.54, 1.807) is 0 Å². The maximum absolute atomic E-state index is 12.7. The normalized spacial score (nSPS) is 10.7. The summed E-state index contributed by atoms with van der Waals surface area (Å²) in [4.78, 5) is 9.44. The first-order valence-corrected chi connectivity index (χ1v) is 2.92. The molecule has 5 heteroatoms. The number of halogens is 2. The SMILES string of the molecule is Fc1cc(F)c2[nH]cnc2n1. The fourth-order valence-corrected chi connectivity index (χ4v) is 0.858. The Morgan fingerprint density at radius 3 is 3.00 bits per heavy atom. The predicted octanol–water partition coefficient (Wildman–Crippen LogP) is 1.24. The van der Waals surface area contributed by atoms with E-state index in [2.05, 4.69) is 15.0 Å². The summed E-state index contributed by atoms with van der Waals surface area (Å²) in [5.41, 5.74) is 0.189. The van der Waals surface area contributed by atoms with Gasteiger partial charge in [-0.1, -0.05) is 0 Å². The van der Waals surface area contributed by atoms with Crippen molar-refractivity contribution in [2.24, 2.45) is 0 Å². The smallest absolute Gasteiger partial charge is 0.217 e. The molecule has 0 bridgehead atoms. The monoisotopic (exact) mass is 155 g/mol. The predicted molar refractivity (Wildman–Crippen MR) is 33.8 cm³/mol. The number of aromatic amines is 1. The highest BCUT2D eigenvalue weighted by Crippen LogP contribution is 2.11. The van der Waals surface area contributed by atoms with Gasteiger partial charge in [0, 0.05) is 6.07 Å². The van der Waals surface area contributed by atoms with Gasteiger partial charge < -0.3 is 4.98 Å². The van der Waals surface area contributed by atoms with E-state index in [9.17, 15) is 8.78 Å². The van der Waals surface area contributed by atoms with E-state index in [-0.39, 0.29) is 11.2 Å². The van der Waals surface area contributed by atoms with E-state index in [0.29, 0.717) is 6.07 Å². The molecule has 0 unspecified atom stereocenters. The Balaban J connectivity index is 2.91. The van der Waals surface area contributed by atoms with E-state index in [1.165, 1.54) is 6.33 Å². The van der Waals surface area contributed by atoms with Gasteiger partial charge in [-0.2, -0.15) is 9.37 Å². The van der Waals surface area contributed by atoms with E-state index in [0.717, 1.165) is 0 Å². The minimum absolute atomic E-state index is 0.0579. The molecular formula is C6H3F2N3. The van der Waals surface area contributed by atoms with Crippen molar-refractivity contribution in [1.82, 2.24) is 15.0 Å². The first kappa shape index (κ1) is 6.21. The lowest BCUT2D eigenvalue weighted by atomic mass is 10.4. The van der Waals surface area contributed by atoms with Gasteiger partial charge in [-0.25, -0.2) is 9.37 Å². The lowest BCUT2D eigenvalue weighted by Gasteiger charge is -1.89. The molecule has 2 heterocycles. The molecule has 0 aliphatic carbocycles. The number of rotatable bonds is 0. The summed E-state index contributed by atoms with van der Waals surface area (Å²) in [6.07, 6.45) is 1.26. The summed E-state index contributed by atoms with van der Waals surface area (Å²) in [6, 6.07) is 0.709. The molecule has 0 atom stereocenters. The zero-order valence-corrected chi connectivity index (χ0v) is 5.31. The zero-order valence-electron chi connectivity index (χ0n) is 5.31. The highest BCUT2D eigenvalue weighted by atomic mass is 19.1.